The molecule has 0 spiro atoms. The normalized spacial score (nSPS) is 10.8. The maximum Gasteiger partial charge on any atom is 0.335 e. The molecular formula is C16H13NO2S. The van der Waals surface area contributed by atoms with Crippen LogP contribution in [0.15, 0.2) is 42.5 Å². The van der Waals surface area contributed by atoms with Crippen molar-refractivity contribution in [2.24, 2.45) is 0 Å². The van der Waals surface area contributed by atoms with E-state index in [-0.39, 0.29) is 0 Å². The number of carbonyl (C=O) groups is 1. The van der Waals surface area contributed by atoms with E-state index in [4.69, 9.17) is 5.11 Å². The number of hydrogen-bond donors (Lipinski definition) is 1. The molecule has 0 saturated carbocycles. The highest BCUT2D eigenvalue weighted by molar-refractivity contribution is 7.21. The van der Waals surface area contributed by atoms with E-state index in [0.29, 0.717) is 5.56 Å². The lowest BCUT2D eigenvalue weighted by Gasteiger charge is -1.98. The van der Waals surface area contributed by atoms with E-state index in [0.717, 1.165) is 27.2 Å². The zero-order chi connectivity index (χ0) is 14.1. The Morgan fingerprint density at radius 3 is 2.60 bits per heavy atom. The highest BCUT2D eigenvalue weighted by atomic mass is 32.1. The number of hydrogen-bond acceptors (Lipinski definition) is 3. The lowest BCUT2D eigenvalue weighted by molar-refractivity contribution is 0.0697. The van der Waals surface area contributed by atoms with Gasteiger partial charge in [-0.3, -0.25) is 0 Å². The van der Waals surface area contributed by atoms with Gasteiger partial charge in [-0.05, 0) is 30.2 Å². The maximum atomic E-state index is 11.0. The number of aromatic nitrogens is 1. The molecule has 1 N–H and O–H groups in total. The number of nitrogens with zero attached hydrogens (tertiary/aromatic N) is 1. The van der Waals surface area contributed by atoms with Crippen LogP contribution < -0.4 is 0 Å². The first-order chi connectivity index (χ1) is 9.67. The van der Waals surface area contributed by atoms with Crippen LogP contribution >= 0.6 is 11.3 Å². The Bertz CT molecular complexity index is 775. The van der Waals surface area contributed by atoms with Crippen LogP contribution in [-0.4, -0.2) is 16.1 Å². The van der Waals surface area contributed by atoms with Gasteiger partial charge in [0.15, 0.2) is 0 Å². The summed E-state index contributed by atoms with van der Waals surface area (Å²) in [5.74, 6) is -0.908. The van der Waals surface area contributed by atoms with E-state index >= 15 is 0 Å². The summed E-state index contributed by atoms with van der Waals surface area (Å²) >= 11 is 1.52. The van der Waals surface area contributed by atoms with Crippen molar-refractivity contribution in [2.75, 3.05) is 0 Å². The second-order valence-corrected chi connectivity index (χ2v) is 5.59. The molecule has 100 valence electrons. The molecule has 2 aromatic carbocycles. The van der Waals surface area contributed by atoms with Gasteiger partial charge in [0.2, 0.25) is 0 Å². The van der Waals surface area contributed by atoms with Crippen molar-refractivity contribution in [3.05, 3.63) is 53.6 Å². The minimum Gasteiger partial charge on any atom is -0.478 e. The van der Waals surface area contributed by atoms with Crippen molar-refractivity contribution < 1.29 is 9.90 Å². The van der Waals surface area contributed by atoms with E-state index in [1.807, 2.05) is 0 Å². The van der Waals surface area contributed by atoms with Crippen molar-refractivity contribution in [2.45, 2.75) is 13.3 Å². The van der Waals surface area contributed by atoms with Gasteiger partial charge in [0.25, 0.3) is 0 Å². The minimum atomic E-state index is -0.908. The molecule has 4 heteroatoms. The number of rotatable bonds is 3. The number of aryl methyl sites for hydroxylation is 1. The summed E-state index contributed by atoms with van der Waals surface area (Å²) in [6.45, 7) is 2.13. The van der Waals surface area contributed by atoms with E-state index < -0.39 is 5.97 Å². The molecule has 0 radical (unpaired) electrons. The van der Waals surface area contributed by atoms with Gasteiger partial charge >= 0.3 is 5.97 Å². The van der Waals surface area contributed by atoms with Gasteiger partial charge < -0.3 is 5.11 Å². The smallest absolute Gasteiger partial charge is 0.335 e. The van der Waals surface area contributed by atoms with Crippen LogP contribution in [0.1, 0.15) is 22.8 Å². The summed E-state index contributed by atoms with van der Waals surface area (Å²) in [4.78, 5) is 15.5. The van der Waals surface area contributed by atoms with E-state index in [1.54, 1.807) is 18.2 Å². The highest BCUT2D eigenvalue weighted by Crippen LogP contribution is 2.30. The molecule has 3 nitrogen and oxygen atoms in total. The molecule has 1 aromatic heterocycles. The first-order valence-electron chi connectivity index (χ1n) is 6.40. The molecule has 0 aliphatic rings. The summed E-state index contributed by atoms with van der Waals surface area (Å²) in [5.41, 5.74) is 3.51. The summed E-state index contributed by atoms with van der Waals surface area (Å²) in [5, 5.41) is 9.93. The van der Waals surface area contributed by atoms with E-state index in [1.165, 1.54) is 16.9 Å². The quantitative estimate of drug-likeness (QED) is 0.782. The Labute approximate surface area is 120 Å². The van der Waals surface area contributed by atoms with Crippen molar-refractivity contribution in [3.8, 4) is 10.6 Å². The standard InChI is InChI=1S/C16H13NO2S/c1-2-10-3-5-11(6-4-10)15-17-13-8-7-12(16(18)19)9-14(13)20-15/h3-9H,2H2,1H3,(H,18,19). The second kappa shape index (κ2) is 5.06. The fraction of sp³-hybridized carbons (Fsp3) is 0.125. The number of aromatic carboxylic acids is 1. The van der Waals surface area contributed by atoms with Crippen LogP contribution in [-0.2, 0) is 6.42 Å². The summed E-state index contributed by atoms with van der Waals surface area (Å²) in [7, 11) is 0. The topological polar surface area (TPSA) is 50.2 Å². The molecule has 0 bridgehead atoms. The third kappa shape index (κ3) is 2.30. The van der Waals surface area contributed by atoms with Crippen molar-refractivity contribution in [3.63, 3.8) is 0 Å². The first-order valence-corrected chi connectivity index (χ1v) is 7.22. The molecule has 0 aliphatic carbocycles. The van der Waals surface area contributed by atoms with Crippen molar-refractivity contribution >= 4 is 27.5 Å². The van der Waals surface area contributed by atoms with Crippen molar-refractivity contribution in [1.82, 2.24) is 4.98 Å². The molecule has 0 fully saturated rings. The predicted molar refractivity (Wildman–Crippen MR) is 81.4 cm³/mol. The lowest BCUT2D eigenvalue weighted by Crippen LogP contribution is -1.94. The predicted octanol–water partition coefficient (Wildman–Crippen LogP) is 4.22. The molecule has 3 rings (SSSR count). The summed E-state index contributed by atoms with van der Waals surface area (Å²) < 4.78 is 0.902. The van der Waals surface area contributed by atoms with Gasteiger partial charge in [-0.1, -0.05) is 31.2 Å². The second-order valence-electron chi connectivity index (χ2n) is 4.56. The molecule has 0 atom stereocenters. The Morgan fingerprint density at radius 2 is 1.95 bits per heavy atom. The third-order valence-electron chi connectivity index (χ3n) is 3.24. The van der Waals surface area contributed by atoms with Gasteiger partial charge in [0.05, 0.1) is 15.8 Å². The minimum absolute atomic E-state index is 0.300. The van der Waals surface area contributed by atoms with Gasteiger partial charge in [0.1, 0.15) is 5.01 Å². The average Bonchev–Trinajstić information content (AvgIpc) is 2.90. The zero-order valence-corrected chi connectivity index (χ0v) is 11.8. The zero-order valence-electron chi connectivity index (χ0n) is 11.0. The lowest BCUT2D eigenvalue weighted by atomic mass is 10.1. The molecular weight excluding hydrogens is 270 g/mol. The van der Waals surface area contributed by atoms with Crippen molar-refractivity contribution in [1.29, 1.82) is 0 Å². The van der Waals surface area contributed by atoms with Crippen LogP contribution in [0.4, 0.5) is 0 Å². The average molecular weight is 283 g/mol. The van der Waals surface area contributed by atoms with Gasteiger partial charge in [0, 0.05) is 5.56 Å². The SMILES string of the molecule is CCc1ccc(-c2nc3ccc(C(=O)O)cc3s2)cc1. The summed E-state index contributed by atoms with van der Waals surface area (Å²) in [6.07, 6.45) is 1.02. The molecule has 0 saturated heterocycles. The highest BCUT2D eigenvalue weighted by Gasteiger charge is 2.09. The van der Waals surface area contributed by atoms with Gasteiger partial charge in [-0.2, -0.15) is 0 Å². The fourth-order valence-corrected chi connectivity index (χ4v) is 3.07. The fourth-order valence-electron chi connectivity index (χ4n) is 2.06. The number of benzene rings is 2. The number of fused-ring (bicyclic) bond motifs is 1. The van der Waals surface area contributed by atoms with Crippen LogP contribution in [0.3, 0.4) is 0 Å². The Kier molecular flexibility index (Phi) is 3.24. The first kappa shape index (κ1) is 12.8. The molecule has 0 aliphatic heterocycles. The van der Waals surface area contributed by atoms with Crippen LogP contribution in [0.25, 0.3) is 20.8 Å². The van der Waals surface area contributed by atoms with Crippen LogP contribution in [0, 0.1) is 0 Å². The molecule has 3 aromatic rings. The Hall–Kier alpha value is -2.20. The number of carboxylic acids is 1. The monoisotopic (exact) mass is 283 g/mol. The largest absolute Gasteiger partial charge is 0.478 e. The van der Waals surface area contributed by atoms with Crippen LogP contribution in [0.5, 0.6) is 0 Å². The molecule has 20 heavy (non-hydrogen) atoms. The molecule has 0 unspecified atom stereocenters. The molecule has 0 amide bonds. The van der Waals surface area contributed by atoms with E-state index in [2.05, 4.69) is 36.2 Å². The Balaban J connectivity index is 2.05. The molecule has 1 heterocycles. The number of thiazole rings is 1. The number of carboxylic acid groups (broad SMARTS) is 1. The summed E-state index contributed by atoms with van der Waals surface area (Å²) in [6, 6.07) is 13.4. The van der Waals surface area contributed by atoms with Gasteiger partial charge in [-0.25, -0.2) is 9.78 Å². The Morgan fingerprint density at radius 1 is 1.20 bits per heavy atom. The van der Waals surface area contributed by atoms with Crippen LogP contribution in [0.2, 0.25) is 0 Å². The third-order valence-corrected chi connectivity index (χ3v) is 4.31. The van der Waals surface area contributed by atoms with Gasteiger partial charge in [-0.15, -0.1) is 11.3 Å². The van der Waals surface area contributed by atoms with E-state index in [9.17, 15) is 4.79 Å². The maximum absolute atomic E-state index is 11.0.